The van der Waals surface area contributed by atoms with Crippen LogP contribution in [0.2, 0.25) is 0 Å². The number of H-pyrrole nitrogens is 1. The summed E-state index contributed by atoms with van der Waals surface area (Å²) in [5.74, 6) is 0.0399. The molecule has 1 aromatic carbocycles. The summed E-state index contributed by atoms with van der Waals surface area (Å²) >= 11 is 0. The van der Waals surface area contributed by atoms with Crippen LogP contribution in [0.4, 0.5) is 5.69 Å². The van der Waals surface area contributed by atoms with Gasteiger partial charge in [-0.25, -0.2) is 0 Å². The molecule has 0 atom stereocenters. The molecule has 2 N–H and O–H groups in total. The van der Waals surface area contributed by atoms with Crippen molar-refractivity contribution >= 4 is 29.2 Å². The van der Waals surface area contributed by atoms with Crippen molar-refractivity contribution in [3.05, 3.63) is 52.3 Å². The summed E-state index contributed by atoms with van der Waals surface area (Å²) in [5.41, 5.74) is 6.72. The molecule has 0 spiro atoms. The number of carbonyl (C=O) groups excluding carboxylic acids is 2. The lowest BCUT2D eigenvalue weighted by molar-refractivity contribution is -0.129. The van der Waals surface area contributed by atoms with E-state index in [0.717, 1.165) is 72.8 Å². The van der Waals surface area contributed by atoms with Gasteiger partial charge in [-0.05, 0) is 62.7 Å². The fourth-order valence-corrected chi connectivity index (χ4v) is 4.33. The zero-order valence-electron chi connectivity index (χ0n) is 20.0. The van der Waals surface area contributed by atoms with Gasteiger partial charge in [0.15, 0.2) is 0 Å². The molecule has 0 radical (unpaired) electrons. The molecule has 1 aliphatic heterocycles. The molecule has 3 rings (SSSR count). The topological polar surface area (TPSA) is 68.4 Å². The van der Waals surface area contributed by atoms with E-state index in [9.17, 15) is 9.59 Å². The number of benzene rings is 1. The maximum atomic E-state index is 12.6. The lowest BCUT2D eigenvalue weighted by Crippen LogP contribution is -2.39. The molecule has 0 saturated heterocycles. The van der Waals surface area contributed by atoms with Gasteiger partial charge in [0.2, 0.25) is 5.91 Å². The Labute approximate surface area is 191 Å². The van der Waals surface area contributed by atoms with Crippen LogP contribution in [-0.4, -0.2) is 59.3 Å². The van der Waals surface area contributed by atoms with Crippen LogP contribution in [0.15, 0.2) is 24.3 Å². The number of anilines is 1. The van der Waals surface area contributed by atoms with E-state index in [1.54, 1.807) is 6.92 Å². The van der Waals surface area contributed by atoms with Gasteiger partial charge in [0.05, 0.1) is 5.57 Å². The minimum Gasteiger partial charge on any atom is -0.359 e. The molecule has 2 aromatic rings. The van der Waals surface area contributed by atoms with Crippen LogP contribution >= 0.6 is 0 Å². The minimum atomic E-state index is -0.0693. The summed E-state index contributed by atoms with van der Waals surface area (Å²) in [5, 5.41) is 2.95. The smallest absolute Gasteiger partial charge is 0.256 e. The second kappa shape index (κ2) is 10.6. The first-order valence-electron chi connectivity index (χ1n) is 11.6. The number of rotatable bonds is 10. The van der Waals surface area contributed by atoms with Gasteiger partial charge in [0.1, 0.15) is 0 Å². The Hall–Kier alpha value is -2.86. The number of likely N-dealkylation sites (N-methyl/N-ethyl adjacent to an activating group) is 1. The summed E-state index contributed by atoms with van der Waals surface area (Å²) in [6.07, 6.45) is 3.82. The highest BCUT2D eigenvalue weighted by Crippen LogP contribution is 2.35. The van der Waals surface area contributed by atoms with Crippen molar-refractivity contribution in [1.82, 2.24) is 14.8 Å². The molecule has 0 saturated carbocycles. The maximum Gasteiger partial charge on any atom is 0.256 e. The monoisotopic (exact) mass is 436 g/mol. The van der Waals surface area contributed by atoms with Crippen LogP contribution in [0, 0.1) is 13.8 Å². The van der Waals surface area contributed by atoms with Gasteiger partial charge in [-0.15, -0.1) is 0 Å². The van der Waals surface area contributed by atoms with E-state index in [4.69, 9.17) is 0 Å². The molecule has 6 heteroatoms. The first-order chi connectivity index (χ1) is 15.3. The Balaban J connectivity index is 1.70. The number of carbonyl (C=O) groups is 2. The van der Waals surface area contributed by atoms with E-state index in [-0.39, 0.29) is 11.8 Å². The Morgan fingerprint density at radius 1 is 1.06 bits per heavy atom. The SMILES string of the molecule is CCCN(CC)CCN(CCc1cc(C)c(/C=C2\C(=O)Nc3cccc(C)c32)[nH]1)C(C)=O. The number of nitrogens with one attached hydrogen (secondary N) is 2. The van der Waals surface area contributed by atoms with Crippen LogP contribution in [-0.2, 0) is 16.0 Å². The van der Waals surface area contributed by atoms with E-state index in [1.165, 1.54) is 0 Å². The predicted octanol–water partition coefficient (Wildman–Crippen LogP) is 4.25. The summed E-state index contributed by atoms with van der Waals surface area (Å²) in [7, 11) is 0. The number of fused-ring (bicyclic) bond motifs is 1. The van der Waals surface area contributed by atoms with Crippen molar-refractivity contribution in [2.45, 2.75) is 47.5 Å². The molecule has 0 aliphatic carbocycles. The van der Waals surface area contributed by atoms with Gasteiger partial charge in [0, 0.05) is 55.6 Å². The molecule has 2 heterocycles. The van der Waals surface area contributed by atoms with Crippen LogP contribution in [0.25, 0.3) is 11.6 Å². The molecule has 0 unspecified atom stereocenters. The summed E-state index contributed by atoms with van der Waals surface area (Å²) < 4.78 is 0. The van der Waals surface area contributed by atoms with Gasteiger partial charge >= 0.3 is 0 Å². The zero-order valence-corrected chi connectivity index (χ0v) is 20.0. The number of aromatic amines is 1. The third-order valence-corrected chi connectivity index (χ3v) is 6.20. The Kier molecular flexibility index (Phi) is 7.91. The molecule has 2 amide bonds. The quantitative estimate of drug-likeness (QED) is 0.547. The minimum absolute atomic E-state index is 0.0693. The molecule has 1 aliphatic rings. The van der Waals surface area contributed by atoms with E-state index >= 15 is 0 Å². The highest BCUT2D eigenvalue weighted by Gasteiger charge is 2.25. The summed E-state index contributed by atoms with van der Waals surface area (Å²) in [6, 6.07) is 8.03. The number of amides is 2. The van der Waals surface area contributed by atoms with Crippen LogP contribution in [0.1, 0.15) is 55.3 Å². The van der Waals surface area contributed by atoms with Crippen molar-refractivity contribution in [2.75, 3.05) is 38.0 Å². The van der Waals surface area contributed by atoms with E-state index in [1.807, 2.05) is 43.0 Å². The van der Waals surface area contributed by atoms with E-state index < -0.39 is 0 Å². The van der Waals surface area contributed by atoms with Crippen LogP contribution in [0.5, 0.6) is 0 Å². The van der Waals surface area contributed by atoms with Gasteiger partial charge in [-0.3, -0.25) is 9.59 Å². The molecular formula is C26H36N4O2. The number of nitrogens with zero attached hydrogens (tertiary/aromatic N) is 2. The van der Waals surface area contributed by atoms with E-state index in [2.05, 4.69) is 35.1 Å². The molecule has 172 valence electrons. The molecule has 6 nitrogen and oxygen atoms in total. The molecule has 32 heavy (non-hydrogen) atoms. The fourth-order valence-electron chi connectivity index (χ4n) is 4.33. The highest BCUT2D eigenvalue weighted by molar-refractivity contribution is 6.35. The van der Waals surface area contributed by atoms with Gasteiger partial charge in [-0.2, -0.15) is 0 Å². The number of aromatic nitrogens is 1. The van der Waals surface area contributed by atoms with Gasteiger partial charge in [0.25, 0.3) is 5.91 Å². The third kappa shape index (κ3) is 5.49. The normalized spacial score (nSPS) is 14.2. The highest BCUT2D eigenvalue weighted by atomic mass is 16.2. The lowest BCUT2D eigenvalue weighted by atomic mass is 10.0. The number of hydrogen-bond acceptors (Lipinski definition) is 3. The summed E-state index contributed by atoms with van der Waals surface area (Å²) in [6.45, 7) is 14.4. The molecular weight excluding hydrogens is 400 g/mol. The maximum absolute atomic E-state index is 12.6. The average molecular weight is 437 g/mol. The number of aryl methyl sites for hydroxylation is 2. The standard InChI is InChI=1S/C26H36N4O2/c1-6-12-29(7-2)14-15-30(20(5)31)13-11-21-16-19(4)24(27-21)17-22-25-18(3)9-8-10-23(25)28-26(22)32/h8-10,16-17,27H,6-7,11-15H2,1-5H3,(H,28,32)/b22-17-. The van der Waals surface area contributed by atoms with Crippen molar-refractivity contribution < 1.29 is 9.59 Å². The van der Waals surface area contributed by atoms with Crippen LogP contribution < -0.4 is 5.32 Å². The second-order valence-electron chi connectivity index (χ2n) is 8.59. The van der Waals surface area contributed by atoms with Crippen molar-refractivity contribution in [2.24, 2.45) is 0 Å². The molecule has 1 aromatic heterocycles. The van der Waals surface area contributed by atoms with Crippen molar-refractivity contribution in [1.29, 1.82) is 0 Å². The first kappa shape index (κ1) is 23.8. The average Bonchev–Trinajstić information content (AvgIpc) is 3.26. The number of hydrogen-bond donors (Lipinski definition) is 2. The first-order valence-corrected chi connectivity index (χ1v) is 11.6. The predicted molar refractivity (Wildman–Crippen MR) is 132 cm³/mol. The van der Waals surface area contributed by atoms with E-state index in [0.29, 0.717) is 12.1 Å². The second-order valence-corrected chi connectivity index (χ2v) is 8.59. The Bertz CT molecular complexity index is 1010. The Morgan fingerprint density at radius 3 is 2.53 bits per heavy atom. The largest absolute Gasteiger partial charge is 0.359 e. The lowest BCUT2D eigenvalue weighted by Gasteiger charge is -2.26. The van der Waals surface area contributed by atoms with Gasteiger partial charge < -0.3 is 20.1 Å². The van der Waals surface area contributed by atoms with Gasteiger partial charge in [-0.1, -0.05) is 26.0 Å². The molecule has 0 fully saturated rings. The Morgan fingerprint density at radius 2 is 1.84 bits per heavy atom. The summed E-state index contributed by atoms with van der Waals surface area (Å²) in [4.78, 5) is 32.5. The fraction of sp³-hybridized carbons (Fsp3) is 0.462. The molecule has 0 bridgehead atoms. The zero-order chi connectivity index (χ0) is 23.3. The van der Waals surface area contributed by atoms with Crippen molar-refractivity contribution in [3.8, 4) is 0 Å². The van der Waals surface area contributed by atoms with Crippen LogP contribution in [0.3, 0.4) is 0 Å². The van der Waals surface area contributed by atoms with Crippen molar-refractivity contribution in [3.63, 3.8) is 0 Å². The third-order valence-electron chi connectivity index (χ3n) is 6.20.